The van der Waals surface area contributed by atoms with Crippen molar-refractivity contribution in [2.75, 3.05) is 5.73 Å². The second-order valence-corrected chi connectivity index (χ2v) is 3.63. The van der Waals surface area contributed by atoms with Gasteiger partial charge in [-0.2, -0.15) is 0 Å². The lowest BCUT2D eigenvalue weighted by atomic mass is 10.0. The van der Waals surface area contributed by atoms with Crippen LogP contribution in [0.5, 0.6) is 0 Å². The van der Waals surface area contributed by atoms with E-state index in [2.05, 4.69) is 25.6 Å². The molecule has 0 aromatic heterocycles. The number of hydrogen-bond donors (Lipinski definition) is 2. The van der Waals surface area contributed by atoms with E-state index < -0.39 is 0 Å². The number of quaternary nitrogens is 1. The number of nitrogens with two attached hydrogens (primary N) is 1. The molecule has 0 spiro atoms. The van der Waals surface area contributed by atoms with Gasteiger partial charge in [0.2, 0.25) is 0 Å². The van der Waals surface area contributed by atoms with E-state index in [4.69, 9.17) is 5.73 Å². The fourth-order valence-electron chi connectivity index (χ4n) is 1.24. The Morgan fingerprint density at radius 2 is 2.08 bits per heavy atom. The Labute approximate surface area is 73.6 Å². The Bertz CT molecular complexity index is 267. The van der Waals surface area contributed by atoms with E-state index in [9.17, 15) is 0 Å². The van der Waals surface area contributed by atoms with Gasteiger partial charge in [-0.05, 0) is 24.0 Å². The van der Waals surface area contributed by atoms with Crippen molar-refractivity contribution in [3.63, 3.8) is 0 Å². The van der Waals surface area contributed by atoms with E-state index in [-0.39, 0.29) is 0 Å². The predicted molar refractivity (Wildman–Crippen MR) is 51.9 cm³/mol. The lowest BCUT2D eigenvalue weighted by Crippen LogP contribution is -2.41. The minimum Gasteiger partial charge on any atom is -0.394 e. The Hall–Kier alpha value is -1.02. The number of rotatable bonds is 2. The molecule has 0 fully saturated rings. The molecule has 0 amide bonds. The molecule has 66 valence electrons. The van der Waals surface area contributed by atoms with Gasteiger partial charge in [0.05, 0.1) is 5.69 Å². The van der Waals surface area contributed by atoms with Crippen molar-refractivity contribution in [1.29, 1.82) is 0 Å². The zero-order valence-corrected chi connectivity index (χ0v) is 7.80. The Morgan fingerprint density at radius 3 is 2.58 bits per heavy atom. The third-order valence-electron chi connectivity index (χ3n) is 1.85. The smallest absolute Gasteiger partial charge is 0.151 e. The SMILES string of the molecule is CC(C)Cc1ccc([NH3+])c(N)c1. The molecule has 0 aliphatic heterocycles. The minimum absolute atomic E-state index is 0.681. The summed E-state index contributed by atoms with van der Waals surface area (Å²) in [5, 5.41) is 0. The summed E-state index contributed by atoms with van der Waals surface area (Å²) < 4.78 is 0. The van der Waals surface area contributed by atoms with Crippen molar-refractivity contribution in [2.24, 2.45) is 5.92 Å². The summed E-state index contributed by atoms with van der Waals surface area (Å²) >= 11 is 0. The van der Waals surface area contributed by atoms with Crippen LogP contribution in [0.1, 0.15) is 19.4 Å². The van der Waals surface area contributed by atoms with Crippen LogP contribution in [-0.2, 0) is 6.42 Å². The number of hydrogen-bond acceptors (Lipinski definition) is 1. The van der Waals surface area contributed by atoms with Crippen LogP contribution < -0.4 is 11.5 Å². The topological polar surface area (TPSA) is 53.7 Å². The Kier molecular flexibility index (Phi) is 2.71. The Balaban J connectivity index is 2.82. The third kappa shape index (κ3) is 2.24. The maximum Gasteiger partial charge on any atom is 0.151 e. The molecule has 1 rings (SSSR count). The van der Waals surface area contributed by atoms with Crippen LogP contribution in [-0.4, -0.2) is 0 Å². The van der Waals surface area contributed by atoms with Crippen molar-refractivity contribution >= 4 is 11.4 Å². The molecule has 0 bridgehead atoms. The van der Waals surface area contributed by atoms with Gasteiger partial charge in [-0.3, -0.25) is 0 Å². The summed E-state index contributed by atoms with van der Waals surface area (Å²) in [4.78, 5) is 0. The molecule has 0 heterocycles. The van der Waals surface area contributed by atoms with Gasteiger partial charge in [0.15, 0.2) is 5.69 Å². The highest BCUT2D eigenvalue weighted by Crippen LogP contribution is 2.16. The van der Waals surface area contributed by atoms with Gasteiger partial charge in [-0.1, -0.05) is 19.9 Å². The monoisotopic (exact) mass is 165 g/mol. The molecule has 0 aliphatic carbocycles. The fourth-order valence-corrected chi connectivity index (χ4v) is 1.24. The van der Waals surface area contributed by atoms with Gasteiger partial charge in [-0.25, -0.2) is 0 Å². The van der Waals surface area contributed by atoms with Crippen LogP contribution in [0.4, 0.5) is 11.4 Å². The molecule has 0 saturated heterocycles. The van der Waals surface area contributed by atoms with Gasteiger partial charge in [-0.15, -0.1) is 0 Å². The van der Waals surface area contributed by atoms with Gasteiger partial charge in [0.25, 0.3) is 0 Å². The molecule has 5 N–H and O–H groups in total. The van der Waals surface area contributed by atoms with E-state index in [0.29, 0.717) is 5.92 Å². The lowest BCUT2D eigenvalue weighted by Gasteiger charge is -2.05. The molecule has 0 aliphatic rings. The van der Waals surface area contributed by atoms with Crippen LogP contribution in [0, 0.1) is 5.92 Å². The Morgan fingerprint density at radius 1 is 1.42 bits per heavy atom. The summed E-state index contributed by atoms with van der Waals surface area (Å²) in [5.41, 5.74) is 12.6. The average molecular weight is 165 g/mol. The molecule has 0 unspecified atom stereocenters. The largest absolute Gasteiger partial charge is 0.394 e. The second-order valence-electron chi connectivity index (χ2n) is 3.63. The van der Waals surface area contributed by atoms with Crippen molar-refractivity contribution in [2.45, 2.75) is 20.3 Å². The molecular weight excluding hydrogens is 148 g/mol. The van der Waals surface area contributed by atoms with E-state index in [1.807, 2.05) is 12.1 Å². The molecule has 0 radical (unpaired) electrons. The molecule has 1 aromatic carbocycles. The van der Waals surface area contributed by atoms with E-state index in [1.54, 1.807) is 0 Å². The fraction of sp³-hybridized carbons (Fsp3) is 0.400. The standard InChI is InChI=1S/C10H16N2/c1-7(2)5-8-3-4-9(11)10(12)6-8/h3-4,6-7H,5,11-12H2,1-2H3/p+1. The molecular formula is C10H17N2+. The quantitative estimate of drug-likeness (QED) is 0.638. The second kappa shape index (κ2) is 3.59. The predicted octanol–water partition coefficient (Wildman–Crippen LogP) is 1.34. The maximum atomic E-state index is 5.73. The third-order valence-corrected chi connectivity index (χ3v) is 1.85. The first kappa shape index (κ1) is 9.07. The molecule has 0 atom stereocenters. The lowest BCUT2D eigenvalue weighted by molar-refractivity contribution is -0.253. The molecule has 2 heteroatoms. The first-order valence-electron chi connectivity index (χ1n) is 4.30. The van der Waals surface area contributed by atoms with Crippen molar-refractivity contribution in [3.8, 4) is 0 Å². The summed E-state index contributed by atoms with van der Waals surface area (Å²) in [5.74, 6) is 0.681. The average Bonchev–Trinajstić information content (AvgIpc) is 1.96. The molecule has 1 aromatic rings. The highest BCUT2D eigenvalue weighted by molar-refractivity contribution is 5.58. The minimum atomic E-state index is 0.681. The van der Waals surface area contributed by atoms with E-state index >= 15 is 0 Å². The summed E-state index contributed by atoms with van der Waals surface area (Å²) in [6, 6.07) is 6.09. The molecule has 12 heavy (non-hydrogen) atoms. The van der Waals surface area contributed by atoms with E-state index in [1.165, 1.54) is 5.56 Å². The van der Waals surface area contributed by atoms with Crippen molar-refractivity contribution in [3.05, 3.63) is 23.8 Å². The number of nitrogen functional groups attached to an aromatic ring is 1. The normalized spacial score (nSPS) is 10.7. The zero-order valence-electron chi connectivity index (χ0n) is 7.80. The van der Waals surface area contributed by atoms with Gasteiger partial charge >= 0.3 is 0 Å². The van der Waals surface area contributed by atoms with Crippen LogP contribution in [0.25, 0.3) is 0 Å². The highest BCUT2D eigenvalue weighted by atomic mass is 14.7. The van der Waals surface area contributed by atoms with Crippen LogP contribution >= 0.6 is 0 Å². The molecule has 2 nitrogen and oxygen atoms in total. The van der Waals surface area contributed by atoms with Crippen LogP contribution in [0.15, 0.2) is 18.2 Å². The number of benzene rings is 1. The summed E-state index contributed by atoms with van der Waals surface area (Å²) in [6.07, 6.45) is 1.09. The summed E-state index contributed by atoms with van der Waals surface area (Å²) in [7, 11) is 0. The zero-order chi connectivity index (χ0) is 9.14. The molecule has 0 saturated carbocycles. The van der Waals surface area contributed by atoms with Gasteiger partial charge < -0.3 is 11.5 Å². The first-order chi connectivity index (χ1) is 5.59. The van der Waals surface area contributed by atoms with Crippen molar-refractivity contribution in [1.82, 2.24) is 0 Å². The van der Waals surface area contributed by atoms with E-state index in [0.717, 1.165) is 17.8 Å². The van der Waals surface area contributed by atoms with Gasteiger partial charge in [0, 0.05) is 6.07 Å². The summed E-state index contributed by atoms with van der Waals surface area (Å²) in [6.45, 7) is 4.41. The first-order valence-corrected chi connectivity index (χ1v) is 4.30. The van der Waals surface area contributed by atoms with Crippen LogP contribution in [0.3, 0.4) is 0 Å². The van der Waals surface area contributed by atoms with Crippen LogP contribution in [0.2, 0.25) is 0 Å². The highest BCUT2D eigenvalue weighted by Gasteiger charge is 2.01. The maximum absolute atomic E-state index is 5.73. The van der Waals surface area contributed by atoms with Crippen molar-refractivity contribution < 1.29 is 5.73 Å². The van der Waals surface area contributed by atoms with Gasteiger partial charge in [0.1, 0.15) is 0 Å². The number of anilines is 1.